The molecule has 1 unspecified atom stereocenters. The summed E-state index contributed by atoms with van der Waals surface area (Å²) in [6, 6.07) is 0. The summed E-state index contributed by atoms with van der Waals surface area (Å²) in [5.41, 5.74) is 5.78. The molecular weight excluding hydrogens is 172 g/mol. The fraction of sp³-hybridized carbons (Fsp3) is 0.625. The zero-order valence-electron chi connectivity index (χ0n) is 7.53. The molecule has 0 aliphatic rings. The number of rotatable bonds is 2. The summed E-state index contributed by atoms with van der Waals surface area (Å²) in [5, 5.41) is 12.5. The molecule has 1 rings (SSSR count). The van der Waals surface area contributed by atoms with Gasteiger partial charge in [-0.3, -0.25) is 0 Å². The molecule has 1 aromatic heterocycles. The van der Waals surface area contributed by atoms with Gasteiger partial charge in [0.05, 0.1) is 10.7 Å². The standard InChI is InChI=1S/C8H14N2OS/c1-5-10-6(4-12-5)7(11)8(2,3)9/h4,7,11H,9H2,1-3H3. The summed E-state index contributed by atoms with van der Waals surface area (Å²) in [6.07, 6.45) is -0.678. The molecule has 1 atom stereocenters. The van der Waals surface area contributed by atoms with Crippen molar-refractivity contribution in [3.05, 3.63) is 16.1 Å². The second kappa shape index (κ2) is 3.12. The quantitative estimate of drug-likeness (QED) is 0.730. The molecule has 4 heteroatoms. The van der Waals surface area contributed by atoms with Gasteiger partial charge in [0.2, 0.25) is 0 Å². The highest BCUT2D eigenvalue weighted by molar-refractivity contribution is 7.09. The van der Waals surface area contributed by atoms with Crippen LogP contribution in [0.25, 0.3) is 0 Å². The van der Waals surface area contributed by atoms with E-state index in [1.165, 1.54) is 11.3 Å². The van der Waals surface area contributed by atoms with Crippen molar-refractivity contribution >= 4 is 11.3 Å². The molecule has 0 aliphatic carbocycles. The highest BCUT2D eigenvalue weighted by atomic mass is 32.1. The molecule has 0 radical (unpaired) electrons. The number of thiazole rings is 1. The Morgan fingerprint density at radius 1 is 1.67 bits per heavy atom. The fourth-order valence-corrected chi connectivity index (χ4v) is 1.52. The van der Waals surface area contributed by atoms with Crippen molar-refractivity contribution in [3.63, 3.8) is 0 Å². The van der Waals surface area contributed by atoms with E-state index in [2.05, 4.69) is 4.98 Å². The van der Waals surface area contributed by atoms with Gasteiger partial charge in [-0.1, -0.05) is 0 Å². The van der Waals surface area contributed by atoms with Crippen LogP contribution in [0.3, 0.4) is 0 Å². The number of aromatic nitrogens is 1. The van der Waals surface area contributed by atoms with Crippen LogP contribution in [0.4, 0.5) is 0 Å². The predicted octanol–water partition coefficient (Wildman–Crippen LogP) is 1.22. The molecule has 0 spiro atoms. The van der Waals surface area contributed by atoms with E-state index in [-0.39, 0.29) is 0 Å². The van der Waals surface area contributed by atoms with E-state index in [1.54, 1.807) is 13.8 Å². The van der Waals surface area contributed by atoms with E-state index < -0.39 is 11.6 Å². The van der Waals surface area contributed by atoms with Gasteiger partial charge in [0.25, 0.3) is 0 Å². The zero-order valence-corrected chi connectivity index (χ0v) is 8.35. The number of aliphatic hydroxyl groups excluding tert-OH is 1. The van der Waals surface area contributed by atoms with Crippen molar-refractivity contribution in [1.82, 2.24) is 4.98 Å². The predicted molar refractivity (Wildman–Crippen MR) is 50.1 cm³/mol. The van der Waals surface area contributed by atoms with Gasteiger partial charge in [0.1, 0.15) is 6.10 Å². The van der Waals surface area contributed by atoms with E-state index in [4.69, 9.17) is 5.73 Å². The van der Waals surface area contributed by atoms with Gasteiger partial charge < -0.3 is 10.8 Å². The maximum atomic E-state index is 9.69. The Morgan fingerprint density at radius 3 is 2.58 bits per heavy atom. The molecule has 3 nitrogen and oxygen atoms in total. The highest BCUT2D eigenvalue weighted by Crippen LogP contribution is 2.24. The van der Waals surface area contributed by atoms with Crippen LogP contribution in [0.2, 0.25) is 0 Å². The second-order valence-electron chi connectivity index (χ2n) is 3.52. The van der Waals surface area contributed by atoms with Crippen molar-refractivity contribution in [2.24, 2.45) is 5.73 Å². The SMILES string of the molecule is Cc1nc(C(O)C(C)(C)N)cs1. The van der Waals surface area contributed by atoms with E-state index in [9.17, 15) is 5.11 Å². The van der Waals surface area contributed by atoms with Gasteiger partial charge in [-0.2, -0.15) is 0 Å². The van der Waals surface area contributed by atoms with Crippen LogP contribution in [-0.2, 0) is 0 Å². The summed E-state index contributed by atoms with van der Waals surface area (Å²) in [5.74, 6) is 0. The number of hydrogen-bond donors (Lipinski definition) is 2. The lowest BCUT2D eigenvalue weighted by molar-refractivity contribution is 0.101. The van der Waals surface area contributed by atoms with Crippen LogP contribution in [0.5, 0.6) is 0 Å². The van der Waals surface area contributed by atoms with E-state index >= 15 is 0 Å². The lowest BCUT2D eigenvalue weighted by atomic mass is 9.97. The van der Waals surface area contributed by atoms with Gasteiger partial charge in [-0.25, -0.2) is 4.98 Å². The topological polar surface area (TPSA) is 59.1 Å². The molecule has 1 aromatic rings. The van der Waals surface area contributed by atoms with Crippen molar-refractivity contribution < 1.29 is 5.11 Å². The molecule has 3 N–H and O–H groups in total. The lowest BCUT2D eigenvalue weighted by Crippen LogP contribution is -2.39. The Bertz CT molecular complexity index is 264. The summed E-state index contributed by atoms with van der Waals surface area (Å²) in [7, 11) is 0. The number of nitrogens with two attached hydrogens (primary N) is 1. The minimum Gasteiger partial charge on any atom is -0.385 e. The first-order valence-electron chi connectivity index (χ1n) is 3.80. The molecule has 12 heavy (non-hydrogen) atoms. The largest absolute Gasteiger partial charge is 0.385 e. The number of nitrogens with zero attached hydrogens (tertiary/aromatic N) is 1. The summed E-state index contributed by atoms with van der Waals surface area (Å²) < 4.78 is 0. The van der Waals surface area contributed by atoms with Gasteiger partial charge in [0, 0.05) is 10.9 Å². The minimum atomic E-state index is -0.678. The summed E-state index contributed by atoms with van der Waals surface area (Å²) in [4.78, 5) is 4.17. The van der Waals surface area contributed by atoms with Crippen LogP contribution in [0.1, 0.15) is 30.7 Å². The van der Waals surface area contributed by atoms with Crippen molar-refractivity contribution in [2.45, 2.75) is 32.4 Å². The van der Waals surface area contributed by atoms with Crippen LogP contribution in [0.15, 0.2) is 5.38 Å². The fourth-order valence-electron chi connectivity index (χ4n) is 0.887. The van der Waals surface area contributed by atoms with Gasteiger partial charge in [0.15, 0.2) is 0 Å². The number of aryl methyl sites for hydroxylation is 1. The lowest BCUT2D eigenvalue weighted by Gasteiger charge is -2.23. The van der Waals surface area contributed by atoms with Gasteiger partial charge >= 0.3 is 0 Å². The molecule has 0 saturated carbocycles. The number of hydrogen-bond acceptors (Lipinski definition) is 4. The molecular formula is C8H14N2OS. The summed E-state index contributed by atoms with van der Waals surface area (Å²) in [6.45, 7) is 5.48. The molecule has 1 heterocycles. The van der Waals surface area contributed by atoms with Crippen LogP contribution in [-0.4, -0.2) is 15.6 Å². The average Bonchev–Trinajstić information content (AvgIpc) is 2.32. The Hall–Kier alpha value is -0.450. The Kier molecular flexibility index (Phi) is 2.51. The maximum absolute atomic E-state index is 9.69. The third-order valence-electron chi connectivity index (χ3n) is 1.62. The highest BCUT2D eigenvalue weighted by Gasteiger charge is 2.26. The van der Waals surface area contributed by atoms with E-state index in [0.29, 0.717) is 5.69 Å². The monoisotopic (exact) mass is 186 g/mol. The van der Waals surface area contributed by atoms with Crippen molar-refractivity contribution in [2.75, 3.05) is 0 Å². The van der Waals surface area contributed by atoms with Crippen molar-refractivity contribution in [1.29, 1.82) is 0 Å². The molecule has 0 saturated heterocycles. The third kappa shape index (κ3) is 2.03. The van der Waals surface area contributed by atoms with Gasteiger partial charge in [-0.05, 0) is 20.8 Å². The third-order valence-corrected chi connectivity index (χ3v) is 2.41. The first kappa shape index (κ1) is 9.64. The Balaban J connectivity index is 2.85. The summed E-state index contributed by atoms with van der Waals surface area (Å²) >= 11 is 1.52. The van der Waals surface area contributed by atoms with Crippen LogP contribution < -0.4 is 5.73 Å². The first-order valence-corrected chi connectivity index (χ1v) is 4.68. The Morgan fingerprint density at radius 2 is 2.25 bits per heavy atom. The second-order valence-corrected chi connectivity index (χ2v) is 4.58. The molecule has 0 fully saturated rings. The molecule has 0 bridgehead atoms. The average molecular weight is 186 g/mol. The van der Waals surface area contributed by atoms with E-state index in [1.807, 2.05) is 12.3 Å². The molecule has 68 valence electrons. The normalized spacial score (nSPS) is 14.8. The minimum absolute atomic E-state index is 0.624. The van der Waals surface area contributed by atoms with Crippen LogP contribution in [0, 0.1) is 6.92 Å². The van der Waals surface area contributed by atoms with Crippen LogP contribution >= 0.6 is 11.3 Å². The molecule has 0 aromatic carbocycles. The van der Waals surface area contributed by atoms with Gasteiger partial charge in [-0.15, -0.1) is 11.3 Å². The molecule has 0 aliphatic heterocycles. The van der Waals surface area contributed by atoms with Crippen molar-refractivity contribution in [3.8, 4) is 0 Å². The van der Waals surface area contributed by atoms with E-state index in [0.717, 1.165) is 5.01 Å². The number of aliphatic hydroxyl groups is 1. The zero-order chi connectivity index (χ0) is 9.35. The smallest absolute Gasteiger partial charge is 0.114 e. The molecule has 0 amide bonds. The first-order chi connectivity index (χ1) is 5.41. The maximum Gasteiger partial charge on any atom is 0.114 e. The Labute approximate surface area is 76.3 Å².